The number of hydrogen-bond donors (Lipinski definition) is 0. The molecule has 1 fully saturated rings. The van der Waals surface area contributed by atoms with Gasteiger partial charge in [0.25, 0.3) is 5.92 Å². The van der Waals surface area contributed by atoms with Crippen LogP contribution >= 0.6 is 0 Å². The molecule has 0 aromatic heterocycles. The summed E-state index contributed by atoms with van der Waals surface area (Å²) in [5.41, 5.74) is -1.30. The van der Waals surface area contributed by atoms with Gasteiger partial charge in [-0.15, -0.1) is 5.06 Å². The Bertz CT molecular complexity index is 710. The van der Waals surface area contributed by atoms with Gasteiger partial charge in [0.05, 0.1) is 18.4 Å². The van der Waals surface area contributed by atoms with Gasteiger partial charge in [-0.25, -0.2) is 18.4 Å². The van der Waals surface area contributed by atoms with Gasteiger partial charge >= 0.3 is 12.2 Å². The standard InChI is InChI=1S/C20H27F2NO5/c1-18(2,3)26-16(24)23(28-17(25)27-19(4,5)6)12-14-15(20(14,21)22)13-10-8-7-9-11-13/h7-11,14-15H,12H2,1-6H3/t14-,15-/m1/s1. The van der Waals surface area contributed by atoms with Gasteiger partial charge in [0.1, 0.15) is 11.2 Å². The Morgan fingerprint density at radius 3 is 2.04 bits per heavy atom. The average Bonchev–Trinajstić information content (AvgIpc) is 3.04. The normalized spacial score (nSPS) is 20.9. The summed E-state index contributed by atoms with van der Waals surface area (Å²) in [5, 5.41) is 0.515. The molecule has 2 atom stereocenters. The van der Waals surface area contributed by atoms with Crippen molar-refractivity contribution in [3.05, 3.63) is 35.9 Å². The fourth-order valence-electron chi connectivity index (χ4n) is 2.73. The molecule has 0 heterocycles. The van der Waals surface area contributed by atoms with Gasteiger partial charge in [0, 0.05) is 0 Å². The largest absolute Gasteiger partial charge is 0.534 e. The van der Waals surface area contributed by atoms with Gasteiger partial charge in [-0.3, -0.25) is 0 Å². The van der Waals surface area contributed by atoms with Crippen molar-refractivity contribution in [1.82, 2.24) is 5.06 Å². The molecule has 1 amide bonds. The first-order chi connectivity index (χ1) is 12.7. The van der Waals surface area contributed by atoms with Crippen LogP contribution in [0.3, 0.4) is 0 Å². The predicted octanol–water partition coefficient (Wildman–Crippen LogP) is 5.14. The third-order valence-corrected chi connectivity index (χ3v) is 3.89. The smallest absolute Gasteiger partial charge is 0.442 e. The summed E-state index contributed by atoms with van der Waals surface area (Å²) >= 11 is 0. The zero-order valence-electron chi connectivity index (χ0n) is 17.0. The van der Waals surface area contributed by atoms with E-state index in [9.17, 15) is 18.4 Å². The summed E-state index contributed by atoms with van der Waals surface area (Å²) < 4.78 is 38.9. The van der Waals surface area contributed by atoms with Gasteiger partial charge < -0.3 is 14.3 Å². The molecule has 0 aliphatic heterocycles. The first kappa shape index (κ1) is 21.9. The van der Waals surface area contributed by atoms with Crippen LogP contribution in [0.1, 0.15) is 53.0 Å². The van der Waals surface area contributed by atoms with Crippen molar-refractivity contribution < 1.29 is 32.7 Å². The molecule has 1 aliphatic carbocycles. The van der Waals surface area contributed by atoms with Gasteiger partial charge in [0.15, 0.2) is 0 Å². The summed E-state index contributed by atoms with van der Waals surface area (Å²) in [6.45, 7) is 9.20. The lowest BCUT2D eigenvalue weighted by Crippen LogP contribution is -2.41. The minimum Gasteiger partial charge on any atom is -0.442 e. The van der Waals surface area contributed by atoms with Gasteiger partial charge in [-0.1, -0.05) is 30.3 Å². The Morgan fingerprint density at radius 1 is 1.00 bits per heavy atom. The lowest BCUT2D eigenvalue weighted by Gasteiger charge is -2.27. The molecule has 0 radical (unpaired) electrons. The van der Waals surface area contributed by atoms with E-state index in [0.29, 0.717) is 10.6 Å². The molecule has 1 aliphatic rings. The highest BCUT2D eigenvalue weighted by molar-refractivity contribution is 5.70. The lowest BCUT2D eigenvalue weighted by molar-refractivity contribution is -0.140. The van der Waals surface area contributed by atoms with Crippen molar-refractivity contribution >= 4 is 12.2 Å². The van der Waals surface area contributed by atoms with Crippen molar-refractivity contribution in [2.75, 3.05) is 6.54 Å². The molecule has 0 bridgehead atoms. The van der Waals surface area contributed by atoms with Crippen LogP contribution in [0.4, 0.5) is 18.4 Å². The minimum atomic E-state index is -3.03. The van der Waals surface area contributed by atoms with Crippen molar-refractivity contribution in [3.63, 3.8) is 0 Å². The first-order valence-corrected chi connectivity index (χ1v) is 9.05. The molecular weight excluding hydrogens is 372 g/mol. The summed E-state index contributed by atoms with van der Waals surface area (Å²) in [4.78, 5) is 29.3. The Morgan fingerprint density at radius 2 is 1.54 bits per heavy atom. The van der Waals surface area contributed by atoms with E-state index in [1.165, 1.54) is 0 Å². The van der Waals surface area contributed by atoms with E-state index in [-0.39, 0.29) is 0 Å². The number of carbonyl (C=O) groups excluding carboxylic acids is 2. The highest BCUT2D eigenvalue weighted by Crippen LogP contribution is 2.61. The molecular formula is C20H27F2NO5. The maximum Gasteiger partial charge on any atom is 0.534 e. The van der Waals surface area contributed by atoms with E-state index < -0.39 is 47.8 Å². The fraction of sp³-hybridized carbons (Fsp3) is 0.600. The average molecular weight is 399 g/mol. The third-order valence-electron chi connectivity index (χ3n) is 3.89. The maximum atomic E-state index is 14.4. The molecule has 1 saturated carbocycles. The Kier molecular flexibility index (Phi) is 5.92. The number of carbonyl (C=O) groups is 2. The summed E-state index contributed by atoms with van der Waals surface area (Å²) in [6, 6.07) is 8.28. The van der Waals surface area contributed by atoms with Crippen LogP contribution in [0.15, 0.2) is 30.3 Å². The quantitative estimate of drug-likeness (QED) is 0.520. The number of halogens is 2. The van der Waals surface area contributed by atoms with Crippen molar-refractivity contribution in [2.45, 2.75) is 64.6 Å². The highest BCUT2D eigenvalue weighted by atomic mass is 19.3. The SMILES string of the molecule is CC(C)(C)OC(=O)ON(C[C@@H]1[C@@H](c2ccccc2)C1(F)F)C(=O)OC(C)(C)C. The molecule has 1 aromatic rings. The van der Waals surface area contributed by atoms with E-state index in [4.69, 9.17) is 14.3 Å². The second-order valence-corrected chi connectivity index (χ2v) is 8.77. The summed E-state index contributed by atoms with van der Waals surface area (Å²) in [5.74, 6) is -5.30. The van der Waals surface area contributed by atoms with E-state index in [0.717, 1.165) is 0 Å². The van der Waals surface area contributed by atoms with Crippen molar-refractivity contribution in [1.29, 1.82) is 0 Å². The van der Waals surface area contributed by atoms with Gasteiger partial charge in [-0.2, -0.15) is 0 Å². The number of hydroxylamine groups is 2. The molecule has 6 nitrogen and oxygen atoms in total. The number of alkyl halides is 2. The van der Waals surface area contributed by atoms with E-state index in [2.05, 4.69) is 0 Å². The van der Waals surface area contributed by atoms with Gasteiger partial charge in [0.2, 0.25) is 0 Å². The van der Waals surface area contributed by atoms with Crippen LogP contribution in [0, 0.1) is 5.92 Å². The second kappa shape index (κ2) is 7.56. The van der Waals surface area contributed by atoms with Crippen LogP contribution < -0.4 is 0 Å². The Hall–Kier alpha value is -2.38. The molecule has 2 rings (SSSR count). The van der Waals surface area contributed by atoms with Crippen LogP contribution in [-0.2, 0) is 14.3 Å². The van der Waals surface area contributed by atoms with Crippen LogP contribution in [0.5, 0.6) is 0 Å². The van der Waals surface area contributed by atoms with E-state index in [1.54, 1.807) is 71.9 Å². The van der Waals surface area contributed by atoms with E-state index in [1.807, 2.05) is 0 Å². The first-order valence-electron chi connectivity index (χ1n) is 9.05. The zero-order valence-corrected chi connectivity index (χ0v) is 17.0. The Balaban J connectivity index is 2.15. The monoisotopic (exact) mass is 399 g/mol. The highest BCUT2D eigenvalue weighted by Gasteiger charge is 2.69. The number of hydrogen-bond acceptors (Lipinski definition) is 5. The van der Waals surface area contributed by atoms with E-state index >= 15 is 0 Å². The number of amides is 1. The Labute approximate surface area is 163 Å². The number of ether oxygens (including phenoxy) is 2. The van der Waals surface area contributed by atoms with Crippen molar-refractivity contribution in [2.24, 2.45) is 5.92 Å². The molecule has 0 unspecified atom stereocenters. The third kappa shape index (κ3) is 5.81. The maximum absolute atomic E-state index is 14.4. The zero-order chi connectivity index (χ0) is 21.3. The number of rotatable bonds is 3. The van der Waals surface area contributed by atoms with Crippen LogP contribution in [0.2, 0.25) is 0 Å². The lowest BCUT2D eigenvalue weighted by atomic mass is 10.1. The topological polar surface area (TPSA) is 65.1 Å². The fourth-order valence-corrected chi connectivity index (χ4v) is 2.73. The molecule has 1 aromatic carbocycles. The van der Waals surface area contributed by atoms with Crippen molar-refractivity contribution in [3.8, 4) is 0 Å². The summed E-state index contributed by atoms with van der Waals surface area (Å²) in [6.07, 6.45) is -2.20. The van der Waals surface area contributed by atoms with Crippen LogP contribution in [-0.4, -0.2) is 41.0 Å². The molecule has 28 heavy (non-hydrogen) atoms. The second-order valence-electron chi connectivity index (χ2n) is 8.77. The molecule has 156 valence electrons. The molecule has 0 saturated heterocycles. The summed E-state index contributed by atoms with van der Waals surface area (Å²) in [7, 11) is 0. The van der Waals surface area contributed by atoms with Crippen LogP contribution in [0.25, 0.3) is 0 Å². The van der Waals surface area contributed by atoms with Gasteiger partial charge in [-0.05, 0) is 47.1 Å². The molecule has 0 N–H and O–H groups in total. The predicted molar refractivity (Wildman–Crippen MR) is 97.9 cm³/mol. The number of nitrogens with zero attached hydrogens (tertiary/aromatic N) is 1. The molecule has 8 heteroatoms. The molecule has 0 spiro atoms. The number of benzene rings is 1. The minimum absolute atomic E-state index is 0.457.